The van der Waals surface area contributed by atoms with E-state index in [1.165, 1.54) is 0 Å². The second-order valence-electron chi connectivity index (χ2n) is 12.7. The van der Waals surface area contributed by atoms with Crippen LogP contribution in [-0.4, -0.2) is 87.1 Å². The number of rotatable bonds is 13. The Kier molecular flexibility index (Phi) is 9.58. The monoisotopic (exact) mass is 596 g/mol. The lowest BCUT2D eigenvalue weighted by atomic mass is 9.70. The van der Waals surface area contributed by atoms with Gasteiger partial charge in [-0.3, -0.25) is 14.4 Å². The van der Waals surface area contributed by atoms with Gasteiger partial charge in [0.2, 0.25) is 11.8 Å². The first-order valence-electron chi connectivity index (χ1n) is 13.7. The predicted molar refractivity (Wildman–Crippen MR) is 150 cm³/mol. The van der Waals surface area contributed by atoms with E-state index in [-0.39, 0.29) is 35.3 Å². The Bertz CT molecular complexity index is 931. The molecule has 38 heavy (non-hydrogen) atoms. The fourth-order valence-electron chi connectivity index (χ4n) is 6.96. The third-order valence-electron chi connectivity index (χ3n) is 7.94. The number of aliphatic hydroxyl groups excluding tert-OH is 1. The maximum Gasteiger partial charge on any atom is 0.312 e. The summed E-state index contributed by atoms with van der Waals surface area (Å²) in [4.78, 5) is 45.1. The van der Waals surface area contributed by atoms with Crippen molar-refractivity contribution in [2.45, 2.75) is 94.8 Å². The highest BCUT2D eigenvalue weighted by atomic mass is 79.9. The number of ether oxygens (including phenoxy) is 2. The molecule has 6 atom stereocenters. The molecule has 3 saturated heterocycles. The van der Waals surface area contributed by atoms with Gasteiger partial charge in [-0.15, -0.1) is 13.2 Å². The summed E-state index contributed by atoms with van der Waals surface area (Å²) in [6, 6.07) is -0.881. The standard InChI is InChI=1S/C29H45BrN2O6/c1-8-10-16-37-26(36)20-21-24(34)31(14-11-12-15-33)23(29(21)17-19(30)22(20)38-29)25(35)32(13-9-2)28(6,7)18-27(3,4)5/h8-9,19-23,33H,1-2,10-18H2,3-7H3/t19?,20-,21+,22-,23?,29?/m1/s1. The molecule has 3 unspecified atom stereocenters. The molecule has 0 aromatic heterocycles. The van der Waals surface area contributed by atoms with Crippen molar-refractivity contribution in [1.29, 1.82) is 0 Å². The van der Waals surface area contributed by atoms with Crippen LogP contribution in [0.25, 0.3) is 0 Å². The van der Waals surface area contributed by atoms with Gasteiger partial charge in [0, 0.05) is 30.1 Å². The number of aliphatic hydroxyl groups is 1. The summed E-state index contributed by atoms with van der Waals surface area (Å²) in [6.07, 6.45) is 5.58. The van der Waals surface area contributed by atoms with Gasteiger partial charge in [-0.25, -0.2) is 0 Å². The summed E-state index contributed by atoms with van der Waals surface area (Å²) < 4.78 is 12.1. The molecule has 214 valence electrons. The van der Waals surface area contributed by atoms with Gasteiger partial charge in [0.1, 0.15) is 11.6 Å². The lowest BCUT2D eigenvalue weighted by Gasteiger charge is -2.45. The lowest BCUT2D eigenvalue weighted by Crippen LogP contribution is -2.61. The molecule has 3 heterocycles. The van der Waals surface area contributed by atoms with Crippen molar-refractivity contribution in [2.24, 2.45) is 17.3 Å². The third-order valence-corrected chi connectivity index (χ3v) is 8.78. The number of halogens is 1. The van der Waals surface area contributed by atoms with Crippen LogP contribution in [0.2, 0.25) is 0 Å². The van der Waals surface area contributed by atoms with Crippen molar-refractivity contribution in [1.82, 2.24) is 9.80 Å². The quantitative estimate of drug-likeness (QED) is 0.150. The zero-order valence-electron chi connectivity index (χ0n) is 23.6. The minimum absolute atomic E-state index is 0.00325. The van der Waals surface area contributed by atoms with E-state index in [4.69, 9.17) is 9.47 Å². The Balaban J connectivity index is 2.05. The number of unbranched alkanes of at least 4 members (excludes halogenated alkanes) is 1. The minimum Gasteiger partial charge on any atom is -0.465 e. The Morgan fingerprint density at radius 1 is 1.24 bits per heavy atom. The van der Waals surface area contributed by atoms with Crippen LogP contribution in [0.3, 0.4) is 0 Å². The van der Waals surface area contributed by atoms with Crippen LogP contribution in [0.4, 0.5) is 0 Å². The number of alkyl halides is 1. The number of hydrogen-bond donors (Lipinski definition) is 1. The highest BCUT2D eigenvalue weighted by Crippen LogP contribution is 2.60. The maximum atomic E-state index is 14.6. The molecule has 0 aliphatic carbocycles. The van der Waals surface area contributed by atoms with Gasteiger partial charge in [0.15, 0.2) is 0 Å². The highest BCUT2D eigenvalue weighted by molar-refractivity contribution is 9.09. The number of fused-ring (bicyclic) bond motifs is 1. The number of hydrogen-bond acceptors (Lipinski definition) is 6. The van der Waals surface area contributed by atoms with E-state index in [1.807, 2.05) is 18.7 Å². The van der Waals surface area contributed by atoms with Gasteiger partial charge in [0.05, 0.1) is 24.5 Å². The first-order chi connectivity index (χ1) is 17.8. The normalized spacial score (nSPS) is 30.3. The molecule has 2 amide bonds. The van der Waals surface area contributed by atoms with Crippen LogP contribution in [0.15, 0.2) is 25.3 Å². The summed E-state index contributed by atoms with van der Waals surface area (Å²) >= 11 is 3.69. The molecule has 1 spiro atoms. The molecule has 0 saturated carbocycles. The van der Waals surface area contributed by atoms with Gasteiger partial charge in [-0.1, -0.05) is 48.9 Å². The summed E-state index contributed by atoms with van der Waals surface area (Å²) in [5, 5.41) is 9.38. The van der Waals surface area contributed by atoms with Crippen LogP contribution in [-0.2, 0) is 23.9 Å². The number of carbonyl (C=O) groups is 3. The fourth-order valence-corrected chi connectivity index (χ4v) is 7.90. The van der Waals surface area contributed by atoms with Crippen LogP contribution >= 0.6 is 15.9 Å². The zero-order valence-corrected chi connectivity index (χ0v) is 25.2. The minimum atomic E-state index is -1.13. The van der Waals surface area contributed by atoms with E-state index in [2.05, 4.69) is 49.9 Å². The number of esters is 1. The summed E-state index contributed by atoms with van der Waals surface area (Å²) in [7, 11) is 0. The Hall–Kier alpha value is -1.71. The molecule has 3 rings (SSSR count). The Labute approximate surface area is 235 Å². The Morgan fingerprint density at radius 3 is 2.50 bits per heavy atom. The molecule has 0 aromatic rings. The molecule has 3 aliphatic rings. The molecule has 8 nitrogen and oxygen atoms in total. The molecule has 9 heteroatoms. The number of amides is 2. The molecule has 0 aromatic carbocycles. The predicted octanol–water partition coefficient (Wildman–Crippen LogP) is 3.86. The van der Waals surface area contributed by atoms with Crippen molar-refractivity contribution >= 4 is 33.7 Å². The van der Waals surface area contributed by atoms with Crippen LogP contribution < -0.4 is 0 Å². The van der Waals surface area contributed by atoms with Gasteiger partial charge in [-0.05, 0) is 51.4 Å². The van der Waals surface area contributed by atoms with Crippen LogP contribution in [0.1, 0.15) is 66.7 Å². The van der Waals surface area contributed by atoms with Crippen molar-refractivity contribution in [3.05, 3.63) is 25.3 Å². The summed E-state index contributed by atoms with van der Waals surface area (Å²) in [6.45, 7) is 18.9. The largest absolute Gasteiger partial charge is 0.465 e. The average molecular weight is 598 g/mol. The second kappa shape index (κ2) is 11.8. The van der Waals surface area contributed by atoms with Gasteiger partial charge < -0.3 is 24.4 Å². The van der Waals surface area contributed by atoms with Gasteiger partial charge in [0.25, 0.3) is 0 Å². The smallest absolute Gasteiger partial charge is 0.312 e. The van der Waals surface area contributed by atoms with E-state index in [0.717, 1.165) is 6.42 Å². The first kappa shape index (κ1) is 30.8. The molecule has 3 aliphatic heterocycles. The molecule has 3 fully saturated rings. The zero-order chi connectivity index (χ0) is 28.5. The third kappa shape index (κ3) is 5.75. The second-order valence-corrected chi connectivity index (χ2v) is 13.8. The van der Waals surface area contributed by atoms with E-state index in [1.54, 1.807) is 17.1 Å². The van der Waals surface area contributed by atoms with E-state index in [9.17, 15) is 19.5 Å². The molecule has 2 bridgehead atoms. The number of carbonyl (C=O) groups excluding carboxylic acids is 3. The fraction of sp³-hybridized carbons (Fsp3) is 0.759. The van der Waals surface area contributed by atoms with Crippen molar-refractivity contribution in [3.63, 3.8) is 0 Å². The van der Waals surface area contributed by atoms with Crippen LogP contribution in [0.5, 0.6) is 0 Å². The number of nitrogens with zero attached hydrogens (tertiary/aromatic N) is 2. The maximum absolute atomic E-state index is 14.6. The molecular weight excluding hydrogens is 552 g/mol. The Morgan fingerprint density at radius 2 is 1.92 bits per heavy atom. The molecule has 0 radical (unpaired) electrons. The van der Waals surface area contributed by atoms with E-state index < -0.39 is 41.1 Å². The average Bonchev–Trinajstić information content (AvgIpc) is 3.39. The summed E-state index contributed by atoms with van der Waals surface area (Å²) in [5.74, 6) is -2.50. The van der Waals surface area contributed by atoms with Crippen molar-refractivity contribution < 1.29 is 29.0 Å². The molecular formula is C29H45BrN2O6. The van der Waals surface area contributed by atoms with E-state index >= 15 is 0 Å². The molecule has 1 N–H and O–H groups in total. The van der Waals surface area contributed by atoms with Crippen molar-refractivity contribution in [2.75, 3.05) is 26.3 Å². The number of likely N-dealkylation sites (tertiary alicyclic amines) is 1. The van der Waals surface area contributed by atoms with Crippen molar-refractivity contribution in [3.8, 4) is 0 Å². The van der Waals surface area contributed by atoms with E-state index in [0.29, 0.717) is 38.8 Å². The summed E-state index contributed by atoms with van der Waals surface area (Å²) in [5.41, 5.74) is -1.70. The van der Waals surface area contributed by atoms with Crippen LogP contribution in [0, 0.1) is 17.3 Å². The lowest BCUT2D eigenvalue weighted by molar-refractivity contribution is -0.156. The highest BCUT2D eigenvalue weighted by Gasteiger charge is 2.77. The van der Waals surface area contributed by atoms with Gasteiger partial charge in [-0.2, -0.15) is 0 Å². The first-order valence-corrected chi connectivity index (χ1v) is 14.6. The van der Waals surface area contributed by atoms with Gasteiger partial charge >= 0.3 is 5.97 Å². The topological polar surface area (TPSA) is 96.4 Å². The SMILES string of the molecule is C=CCCOC(=O)[C@H]1[C@@H]2OC3(CC2Br)C(C(=O)N(CC=C)C(C)(C)CC(C)(C)C)N(CCCCO)C(=O)[C@H]13.